The Kier molecular flexibility index (Phi) is 3.64. The number of halogens is 1. The molecule has 4 heteroatoms. The molecule has 0 spiro atoms. The highest BCUT2D eigenvalue weighted by atomic mass is 19.1. The summed E-state index contributed by atoms with van der Waals surface area (Å²) in [4.78, 5) is 11.6. The number of carbonyl (C=O) groups is 1. The second-order valence-corrected chi connectivity index (χ2v) is 3.71. The molecule has 1 aromatic rings. The fourth-order valence-electron chi connectivity index (χ4n) is 1.41. The SMILES string of the molecule is O=C(CCOC1COC1)c1ccc(F)cc1. The lowest BCUT2D eigenvalue weighted by Crippen LogP contribution is -2.36. The van der Waals surface area contributed by atoms with E-state index in [1.165, 1.54) is 24.3 Å². The molecule has 0 N–H and O–H groups in total. The number of rotatable bonds is 5. The van der Waals surface area contributed by atoms with Crippen molar-refractivity contribution in [2.24, 2.45) is 0 Å². The van der Waals surface area contributed by atoms with Crippen LogP contribution in [0.15, 0.2) is 24.3 Å². The molecule has 1 heterocycles. The average molecular weight is 224 g/mol. The summed E-state index contributed by atoms with van der Waals surface area (Å²) < 4.78 is 22.9. The van der Waals surface area contributed by atoms with E-state index in [1.807, 2.05) is 0 Å². The highest BCUT2D eigenvalue weighted by Crippen LogP contribution is 2.09. The molecule has 0 unspecified atom stereocenters. The zero-order valence-electron chi connectivity index (χ0n) is 8.82. The predicted molar refractivity (Wildman–Crippen MR) is 55.9 cm³/mol. The summed E-state index contributed by atoms with van der Waals surface area (Å²) in [5, 5.41) is 0. The number of carbonyl (C=O) groups excluding carboxylic acids is 1. The van der Waals surface area contributed by atoms with Gasteiger partial charge in [0.15, 0.2) is 5.78 Å². The number of Topliss-reactive ketones (excluding diaryl/α,β-unsaturated/α-hetero) is 1. The molecule has 1 aromatic carbocycles. The topological polar surface area (TPSA) is 35.5 Å². The van der Waals surface area contributed by atoms with E-state index in [0.717, 1.165) is 0 Å². The third kappa shape index (κ3) is 2.87. The second-order valence-electron chi connectivity index (χ2n) is 3.71. The van der Waals surface area contributed by atoms with Gasteiger partial charge in [0.2, 0.25) is 0 Å². The zero-order valence-corrected chi connectivity index (χ0v) is 8.82. The zero-order chi connectivity index (χ0) is 11.4. The van der Waals surface area contributed by atoms with E-state index in [-0.39, 0.29) is 17.7 Å². The molecule has 0 aliphatic carbocycles. The summed E-state index contributed by atoms with van der Waals surface area (Å²) >= 11 is 0. The fraction of sp³-hybridized carbons (Fsp3) is 0.417. The van der Waals surface area contributed by atoms with Crippen molar-refractivity contribution in [1.82, 2.24) is 0 Å². The highest BCUT2D eigenvalue weighted by Gasteiger charge is 2.18. The van der Waals surface area contributed by atoms with Gasteiger partial charge in [-0.05, 0) is 24.3 Å². The van der Waals surface area contributed by atoms with Crippen LogP contribution in [0.25, 0.3) is 0 Å². The Morgan fingerprint density at radius 1 is 1.38 bits per heavy atom. The number of ether oxygens (including phenoxy) is 2. The standard InChI is InChI=1S/C12H13FO3/c13-10-3-1-9(2-4-10)12(14)5-6-16-11-7-15-8-11/h1-4,11H,5-8H2. The first-order valence-electron chi connectivity index (χ1n) is 5.24. The first-order valence-corrected chi connectivity index (χ1v) is 5.24. The Morgan fingerprint density at radius 2 is 2.06 bits per heavy atom. The van der Waals surface area contributed by atoms with Crippen molar-refractivity contribution in [3.8, 4) is 0 Å². The van der Waals surface area contributed by atoms with E-state index in [0.29, 0.717) is 31.8 Å². The molecule has 1 saturated heterocycles. The molecule has 0 saturated carbocycles. The van der Waals surface area contributed by atoms with E-state index >= 15 is 0 Å². The minimum Gasteiger partial charge on any atom is -0.376 e. The van der Waals surface area contributed by atoms with Crippen molar-refractivity contribution in [3.05, 3.63) is 35.6 Å². The van der Waals surface area contributed by atoms with Crippen LogP contribution >= 0.6 is 0 Å². The minimum absolute atomic E-state index is 0.0276. The van der Waals surface area contributed by atoms with Crippen molar-refractivity contribution in [1.29, 1.82) is 0 Å². The van der Waals surface area contributed by atoms with Gasteiger partial charge >= 0.3 is 0 Å². The van der Waals surface area contributed by atoms with Gasteiger partial charge in [0.1, 0.15) is 11.9 Å². The van der Waals surface area contributed by atoms with Gasteiger partial charge in [-0.2, -0.15) is 0 Å². The van der Waals surface area contributed by atoms with Gasteiger partial charge in [0.25, 0.3) is 0 Å². The van der Waals surface area contributed by atoms with Gasteiger partial charge in [-0.3, -0.25) is 4.79 Å². The summed E-state index contributed by atoms with van der Waals surface area (Å²) in [5.41, 5.74) is 0.523. The molecule has 0 atom stereocenters. The lowest BCUT2D eigenvalue weighted by atomic mass is 10.1. The van der Waals surface area contributed by atoms with Crippen LogP contribution in [0.1, 0.15) is 16.8 Å². The largest absolute Gasteiger partial charge is 0.376 e. The Labute approximate surface area is 93.2 Å². The molecule has 0 radical (unpaired) electrons. The third-order valence-corrected chi connectivity index (χ3v) is 2.46. The maximum Gasteiger partial charge on any atom is 0.165 e. The molecule has 0 amide bonds. The number of hydrogen-bond donors (Lipinski definition) is 0. The van der Waals surface area contributed by atoms with Crippen LogP contribution in [0, 0.1) is 5.82 Å². The number of hydrogen-bond acceptors (Lipinski definition) is 3. The normalized spacial score (nSPS) is 15.8. The van der Waals surface area contributed by atoms with Gasteiger partial charge < -0.3 is 9.47 Å². The summed E-state index contributed by atoms with van der Waals surface area (Å²) in [6, 6.07) is 5.55. The molecule has 3 nitrogen and oxygen atoms in total. The fourth-order valence-corrected chi connectivity index (χ4v) is 1.41. The van der Waals surface area contributed by atoms with Gasteiger partial charge in [-0.15, -0.1) is 0 Å². The van der Waals surface area contributed by atoms with E-state index < -0.39 is 0 Å². The average Bonchev–Trinajstić information content (AvgIpc) is 2.22. The lowest BCUT2D eigenvalue weighted by Gasteiger charge is -2.25. The quantitative estimate of drug-likeness (QED) is 0.715. The van der Waals surface area contributed by atoms with Crippen LogP contribution in [0.3, 0.4) is 0 Å². The van der Waals surface area contributed by atoms with Crippen molar-refractivity contribution >= 4 is 5.78 Å². The van der Waals surface area contributed by atoms with Gasteiger partial charge in [-0.1, -0.05) is 0 Å². The maximum absolute atomic E-state index is 12.6. The Bertz CT molecular complexity index is 357. The number of ketones is 1. The first kappa shape index (κ1) is 11.2. The van der Waals surface area contributed by atoms with Gasteiger partial charge in [0, 0.05) is 12.0 Å². The van der Waals surface area contributed by atoms with Crippen molar-refractivity contribution < 1.29 is 18.7 Å². The summed E-state index contributed by atoms with van der Waals surface area (Å²) in [6.07, 6.45) is 0.461. The predicted octanol–water partition coefficient (Wildman–Crippen LogP) is 1.81. The van der Waals surface area contributed by atoms with Crippen LogP contribution in [-0.4, -0.2) is 31.7 Å². The van der Waals surface area contributed by atoms with E-state index in [9.17, 15) is 9.18 Å². The van der Waals surface area contributed by atoms with Gasteiger partial charge in [-0.25, -0.2) is 4.39 Å². The molecule has 2 rings (SSSR count). The molecule has 0 aromatic heterocycles. The van der Waals surface area contributed by atoms with E-state index in [2.05, 4.69) is 0 Å². The molecular weight excluding hydrogens is 211 g/mol. The molecule has 16 heavy (non-hydrogen) atoms. The molecular formula is C12H13FO3. The van der Waals surface area contributed by atoms with Crippen LogP contribution in [0.2, 0.25) is 0 Å². The third-order valence-electron chi connectivity index (χ3n) is 2.46. The Hall–Kier alpha value is -1.26. The summed E-state index contributed by atoms with van der Waals surface area (Å²) in [7, 11) is 0. The second kappa shape index (κ2) is 5.18. The molecule has 1 fully saturated rings. The van der Waals surface area contributed by atoms with Gasteiger partial charge in [0.05, 0.1) is 19.8 Å². The molecule has 1 aliphatic heterocycles. The maximum atomic E-state index is 12.6. The highest BCUT2D eigenvalue weighted by molar-refractivity contribution is 5.96. The van der Waals surface area contributed by atoms with Crippen molar-refractivity contribution in [2.45, 2.75) is 12.5 Å². The molecule has 0 bridgehead atoms. The van der Waals surface area contributed by atoms with Crippen LogP contribution in [-0.2, 0) is 9.47 Å². The molecule has 1 aliphatic rings. The van der Waals surface area contributed by atoms with Crippen LogP contribution in [0.5, 0.6) is 0 Å². The van der Waals surface area contributed by atoms with E-state index in [1.54, 1.807) is 0 Å². The van der Waals surface area contributed by atoms with Crippen molar-refractivity contribution in [2.75, 3.05) is 19.8 Å². The van der Waals surface area contributed by atoms with E-state index in [4.69, 9.17) is 9.47 Å². The minimum atomic E-state index is -0.334. The monoisotopic (exact) mass is 224 g/mol. The first-order chi connectivity index (χ1) is 7.75. The lowest BCUT2D eigenvalue weighted by molar-refractivity contribution is -0.128. The summed E-state index contributed by atoms with van der Waals surface area (Å²) in [6.45, 7) is 1.62. The van der Waals surface area contributed by atoms with Crippen molar-refractivity contribution in [3.63, 3.8) is 0 Å². The van der Waals surface area contributed by atoms with Crippen LogP contribution < -0.4 is 0 Å². The van der Waals surface area contributed by atoms with Crippen LogP contribution in [0.4, 0.5) is 4.39 Å². The Balaban J connectivity index is 1.76. The molecule has 86 valence electrons. The number of benzene rings is 1. The Morgan fingerprint density at radius 3 is 2.62 bits per heavy atom. The smallest absolute Gasteiger partial charge is 0.165 e. The summed E-state index contributed by atoms with van der Waals surface area (Å²) in [5.74, 6) is -0.361.